The molecule has 4 aliphatic heterocycles. The van der Waals surface area contributed by atoms with Gasteiger partial charge in [-0.3, -0.25) is 19.2 Å². The Morgan fingerprint density at radius 2 is 1.42 bits per heavy atom. The minimum atomic E-state index is -0.753. The zero-order valence-electron chi connectivity index (χ0n) is 18.8. The molecule has 4 rings (SSSR count). The van der Waals surface area contributed by atoms with E-state index in [4.69, 9.17) is 4.74 Å². The summed E-state index contributed by atoms with van der Waals surface area (Å²) in [5.74, 6) is -1.12. The van der Waals surface area contributed by atoms with Gasteiger partial charge in [-0.05, 0) is 43.9 Å². The van der Waals surface area contributed by atoms with Gasteiger partial charge in [0.05, 0.1) is 0 Å². The van der Waals surface area contributed by atoms with Crippen molar-refractivity contribution in [2.24, 2.45) is 11.8 Å². The van der Waals surface area contributed by atoms with E-state index in [9.17, 15) is 19.2 Å². The molecule has 0 aliphatic carbocycles. The quantitative estimate of drug-likeness (QED) is 0.678. The Bertz CT molecular complexity index is 771. The molecule has 4 fully saturated rings. The van der Waals surface area contributed by atoms with Crippen LogP contribution in [-0.4, -0.2) is 70.1 Å². The van der Waals surface area contributed by atoms with Gasteiger partial charge >= 0.3 is 0 Å². The van der Waals surface area contributed by atoms with Crippen molar-refractivity contribution in [2.75, 3.05) is 0 Å². The van der Waals surface area contributed by atoms with E-state index >= 15 is 0 Å². The molecule has 0 unspecified atom stereocenters. The second-order valence-corrected chi connectivity index (χ2v) is 9.79. The van der Waals surface area contributed by atoms with Gasteiger partial charge in [0.15, 0.2) is 0 Å². The van der Waals surface area contributed by atoms with Gasteiger partial charge in [0, 0.05) is 0 Å². The average Bonchev–Trinajstić information content (AvgIpc) is 3.32. The molecule has 0 aromatic heterocycles. The normalized spacial score (nSPS) is 36.8. The van der Waals surface area contributed by atoms with Crippen molar-refractivity contribution in [2.45, 2.75) is 103 Å². The summed E-state index contributed by atoms with van der Waals surface area (Å²) in [6.45, 7) is 7.86. The summed E-state index contributed by atoms with van der Waals surface area (Å²) in [6, 6.07) is -2.90. The van der Waals surface area contributed by atoms with Crippen molar-refractivity contribution < 1.29 is 23.9 Å². The zero-order chi connectivity index (χ0) is 22.4. The molecule has 31 heavy (non-hydrogen) atoms. The Morgan fingerprint density at radius 3 is 1.97 bits per heavy atom. The molecule has 4 aliphatic rings. The maximum atomic E-state index is 13.6. The van der Waals surface area contributed by atoms with Gasteiger partial charge in [-0.1, -0.05) is 34.1 Å². The molecule has 0 saturated carbocycles. The van der Waals surface area contributed by atoms with Crippen LogP contribution in [0.3, 0.4) is 0 Å². The van der Waals surface area contributed by atoms with Crippen LogP contribution in [0.1, 0.15) is 66.2 Å². The van der Waals surface area contributed by atoms with Gasteiger partial charge in [0.2, 0.25) is 23.6 Å². The first-order valence-corrected chi connectivity index (χ1v) is 11.6. The number of nitrogens with one attached hydrogen (secondary N) is 2. The van der Waals surface area contributed by atoms with E-state index in [0.29, 0.717) is 38.5 Å². The van der Waals surface area contributed by atoms with Crippen LogP contribution >= 0.6 is 0 Å². The van der Waals surface area contributed by atoms with E-state index in [1.807, 2.05) is 27.7 Å². The van der Waals surface area contributed by atoms with Crippen molar-refractivity contribution in [1.82, 2.24) is 20.4 Å². The summed E-state index contributed by atoms with van der Waals surface area (Å²) in [5.41, 5.74) is 0. The SMILES string of the molecule is CC[C@H](C)[C@@H]1NC(=O)[C@@H]2CC[C@@H]3O[C@H]4CC[C@@H](C(=O)N[C@@H](CC(C)C)C(=O)N32)N4C1=O. The Labute approximate surface area is 183 Å². The number of hydrogen-bond acceptors (Lipinski definition) is 5. The van der Waals surface area contributed by atoms with Crippen molar-refractivity contribution in [3.05, 3.63) is 0 Å². The first-order chi connectivity index (χ1) is 14.7. The number of carbonyl (C=O) groups excluding carboxylic acids is 4. The van der Waals surface area contributed by atoms with Gasteiger partial charge in [0.25, 0.3) is 0 Å². The maximum Gasteiger partial charge on any atom is 0.248 e. The van der Waals surface area contributed by atoms with Crippen LogP contribution in [0, 0.1) is 11.8 Å². The average molecular weight is 435 g/mol. The summed E-state index contributed by atoms with van der Waals surface area (Å²) in [5, 5.41) is 5.86. The number of amides is 4. The minimum Gasteiger partial charge on any atom is -0.342 e. The molecular formula is C22H34N4O5. The van der Waals surface area contributed by atoms with Gasteiger partial charge < -0.3 is 25.2 Å². The lowest BCUT2D eigenvalue weighted by molar-refractivity contribution is -0.183. The fourth-order valence-corrected chi connectivity index (χ4v) is 5.35. The fourth-order valence-electron chi connectivity index (χ4n) is 5.35. The highest BCUT2D eigenvalue weighted by molar-refractivity contribution is 5.98. The number of carbonyl (C=O) groups is 4. The van der Waals surface area contributed by atoms with Gasteiger partial charge in [-0.25, -0.2) is 0 Å². The molecule has 9 nitrogen and oxygen atoms in total. The molecule has 4 amide bonds. The third-order valence-corrected chi connectivity index (χ3v) is 7.19. The van der Waals surface area contributed by atoms with Crippen LogP contribution in [-0.2, 0) is 23.9 Å². The first kappa shape index (κ1) is 22.0. The van der Waals surface area contributed by atoms with Crippen molar-refractivity contribution in [3.63, 3.8) is 0 Å². The Balaban J connectivity index is 1.82. The van der Waals surface area contributed by atoms with Crippen molar-refractivity contribution in [1.29, 1.82) is 0 Å². The lowest BCUT2D eigenvalue weighted by Gasteiger charge is -2.42. The lowest BCUT2D eigenvalue weighted by atomic mass is 9.96. The molecule has 4 saturated heterocycles. The maximum absolute atomic E-state index is 13.6. The summed E-state index contributed by atoms with van der Waals surface area (Å²) in [4.78, 5) is 56.8. The Morgan fingerprint density at radius 1 is 0.871 bits per heavy atom. The highest BCUT2D eigenvalue weighted by Gasteiger charge is 2.53. The third kappa shape index (κ3) is 3.81. The molecule has 7 atom stereocenters. The molecule has 9 heteroatoms. The first-order valence-electron chi connectivity index (χ1n) is 11.6. The molecule has 0 aromatic rings. The molecular weight excluding hydrogens is 400 g/mol. The van der Waals surface area contributed by atoms with E-state index in [1.54, 1.807) is 0 Å². The number of rotatable bonds is 4. The second kappa shape index (κ2) is 8.41. The van der Waals surface area contributed by atoms with E-state index in [-0.39, 0.29) is 35.5 Å². The van der Waals surface area contributed by atoms with Crippen molar-refractivity contribution in [3.8, 4) is 0 Å². The van der Waals surface area contributed by atoms with Crippen molar-refractivity contribution >= 4 is 23.6 Å². The molecule has 0 spiro atoms. The minimum absolute atomic E-state index is 0.112. The summed E-state index contributed by atoms with van der Waals surface area (Å²) in [7, 11) is 0. The molecule has 0 aromatic carbocycles. The van der Waals surface area contributed by atoms with Crippen LogP contribution in [0.2, 0.25) is 0 Å². The van der Waals surface area contributed by atoms with Gasteiger partial charge in [-0.15, -0.1) is 0 Å². The van der Waals surface area contributed by atoms with Crippen LogP contribution < -0.4 is 10.6 Å². The van der Waals surface area contributed by atoms with E-state index in [0.717, 1.165) is 0 Å². The second-order valence-electron chi connectivity index (χ2n) is 9.79. The van der Waals surface area contributed by atoms with Gasteiger partial charge in [-0.2, -0.15) is 0 Å². The summed E-state index contributed by atoms with van der Waals surface area (Å²) in [6.07, 6.45) is 2.01. The van der Waals surface area contributed by atoms with Gasteiger partial charge in [0.1, 0.15) is 36.6 Å². The lowest BCUT2D eigenvalue weighted by Crippen LogP contribution is -2.66. The number of ether oxygens (including phenoxy) is 1. The predicted molar refractivity (Wildman–Crippen MR) is 111 cm³/mol. The molecule has 6 bridgehead atoms. The fraction of sp³-hybridized carbons (Fsp3) is 0.818. The smallest absolute Gasteiger partial charge is 0.248 e. The van der Waals surface area contributed by atoms with Crippen LogP contribution in [0.25, 0.3) is 0 Å². The largest absolute Gasteiger partial charge is 0.342 e. The van der Waals surface area contributed by atoms with E-state index in [2.05, 4.69) is 10.6 Å². The van der Waals surface area contributed by atoms with Crippen LogP contribution in [0.5, 0.6) is 0 Å². The molecule has 172 valence electrons. The number of nitrogens with zero attached hydrogens (tertiary/aromatic N) is 2. The number of hydrogen-bond donors (Lipinski definition) is 2. The zero-order valence-corrected chi connectivity index (χ0v) is 18.8. The monoisotopic (exact) mass is 434 g/mol. The highest BCUT2D eigenvalue weighted by Crippen LogP contribution is 2.36. The highest BCUT2D eigenvalue weighted by atomic mass is 16.5. The van der Waals surface area contributed by atoms with E-state index in [1.165, 1.54) is 9.80 Å². The third-order valence-electron chi connectivity index (χ3n) is 7.19. The van der Waals surface area contributed by atoms with Crippen LogP contribution in [0.4, 0.5) is 0 Å². The molecule has 2 N–H and O–H groups in total. The standard InChI is InChI=1S/C22H34N4O5/c1-5-12(4)18-22(30)26-14-6-9-17(26)31-16-8-7-15(20(28)24-18)25(16)21(29)13(10-11(2)3)23-19(14)27/h11-18H,5-10H2,1-4H3,(H,23,27)(H,24,28)/t12-,13-,14-,15-,16-,17-,18-/m0/s1. The molecule has 4 heterocycles. The summed E-state index contributed by atoms with van der Waals surface area (Å²) < 4.78 is 6.31. The molecule has 0 radical (unpaired) electrons. The topological polar surface area (TPSA) is 108 Å². The van der Waals surface area contributed by atoms with Crippen LogP contribution in [0.15, 0.2) is 0 Å². The Hall–Kier alpha value is -2.16. The predicted octanol–water partition coefficient (Wildman–Crippen LogP) is 0.726. The van der Waals surface area contributed by atoms with E-state index < -0.39 is 36.6 Å². The Kier molecular flexibility index (Phi) is 5.98. The summed E-state index contributed by atoms with van der Waals surface area (Å²) >= 11 is 0.